The highest BCUT2D eigenvalue weighted by Crippen LogP contribution is 2.17. The molecule has 6 nitrogen and oxygen atoms in total. The van der Waals surface area contributed by atoms with Gasteiger partial charge >= 0.3 is 17.9 Å². The molecule has 1 atom stereocenters. The van der Waals surface area contributed by atoms with Gasteiger partial charge in [0.05, 0.1) is 0 Å². The molecule has 0 spiro atoms. The maximum atomic E-state index is 12.8. The van der Waals surface area contributed by atoms with Crippen LogP contribution in [-0.4, -0.2) is 37.2 Å². The maximum absolute atomic E-state index is 12.8. The van der Waals surface area contributed by atoms with Gasteiger partial charge in [-0.3, -0.25) is 14.4 Å². The van der Waals surface area contributed by atoms with Gasteiger partial charge in [0, 0.05) is 19.3 Å². The molecule has 0 aromatic carbocycles. The summed E-state index contributed by atoms with van der Waals surface area (Å²) >= 11 is 0. The number of allylic oxidation sites excluding steroid dienone is 18. The molecule has 1 unspecified atom stereocenters. The molecule has 0 bridgehead atoms. The number of carbonyl (C=O) groups is 3. The zero-order chi connectivity index (χ0) is 56.4. The topological polar surface area (TPSA) is 78.9 Å². The third-order valence-corrected chi connectivity index (χ3v) is 14.0. The Balaban J connectivity index is 4.09. The number of carbonyl (C=O) groups excluding carboxylic acids is 3. The third kappa shape index (κ3) is 62.9. The molecular formula is C72H122O6. The molecule has 0 radical (unpaired) electrons. The lowest BCUT2D eigenvalue weighted by Crippen LogP contribution is -2.30. The Morgan fingerprint density at radius 2 is 0.500 bits per heavy atom. The summed E-state index contributed by atoms with van der Waals surface area (Å²) in [7, 11) is 0. The second-order valence-corrected chi connectivity index (χ2v) is 21.6. The van der Waals surface area contributed by atoms with Crippen LogP contribution >= 0.6 is 0 Å². The van der Waals surface area contributed by atoms with Crippen molar-refractivity contribution in [3.63, 3.8) is 0 Å². The third-order valence-electron chi connectivity index (χ3n) is 14.0. The molecule has 0 heterocycles. The fraction of sp³-hybridized carbons (Fsp3) is 0.708. The summed E-state index contributed by atoms with van der Waals surface area (Å²) < 4.78 is 16.8. The first kappa shape index (κ1) is 74.1. The van der Waals surface area contributed by atoms with E-state index in [1.54, 1.807) is 0 Å². The number of rotatable bonds is 59. The van der Waals surface area contributed by atoms with E-state index in [1.807, 2.05) is 0 Å². The lowest BCUT2D eigenvalue weighted by molar-refractivity contribution is -0.167. The van der Waals surface area contributed by atoms with Gasteiger partial charge in [0.1, 0.15) is 13.2 Å². The zero-order valence-corrected chi connectivity index (χ0v) is 51.2. The van der Waals surface area contributed by atoms with E-state index in [-0.39, 0.29) is 31.1 Å². The highest BCUT2D eigenvalue weighted by Gasteiger charge is 2.19. The van der Waals surface area contributed by atoms with Crippen LogP contribution in [0.1, 0.15) is 310 Å². The summed E-state index contributed by atoms with van der Waals surface area (Å²) in [5, 5.41) is 0. The summed E-state index contributed by atoms with van der Waals surface area (Å²) in [6.45, 7) is 6.38. The maximum Gasteiger partial charge on any atom is 0.306 e. The fourth-order valence-corrected chi connectivity index (χ4v) is 9.17. The number of unbranched alkanes of at least 4 members (excludes halogenated alkanes) is 30. The van der Waals surface area contributed by atoms with E-state index >= 15 is 0 Å². The summed E-state index contributed by atoms with van der Waals surface area (Å²) in [4.78, 5) is 38.1. The molecule has 0 saturated heterocycles. The monoisotopic (exact) mass is 1080 g/mol. The van der Waals surface area contributed by atoms with Crippen molar-refractivity contribution in [3.05, 3.63) is 109 Å². The normalized spacial score (nSPS) is 12.8. The molecule has 0 aliphatic heterocycles. The fourth-order valence-electron chi connectivity index (χ4n) is 9.17. The van der Waals surface area contributed by atoms with Crippen molar-refractivity contribution in [2.75, 3.05) is 13.2 Å². The van der Waals surface area contributed by atoms with E-state index in [9.17, 15) is 14.4 Å². The molecule has 0 rings (SSSR count). The number of esters is 3. The van der Waals surface area contributed by atoms with Crippen LogP contribution in [0.2, 0.25) is 0 Å². The quantitative estimate of drug-likeness (QED) is 0.0261. The molecule has 0 saturated carbocycles. The Morgan fingerprint density at radius 3 is 0.795 bits per heavy atom. The Bertz CT molecular complexity index is 1570. The van der Waals surface area contributed by atoms with E-state index in [4.69, 9.17) is 14.2 Å². The lowest BCUT2D eigenvalue weighted by Gasteiger charge is -2.18. The first-order valence-electron chi connectivity index (χ1n) is 32.9. The predicted molar refractivity (Wildman–Crippen MR) is 339 cm³/mol. The van der Waals surface area contributed by atoms with Crippen molar-refractivity contribution in [3.8, 4) is 0 Å². The smallest absolute Gasteiger partial charge is 0.306 e. The van der Waals surface area contributed by atoms with Crippen molar-refractivity contribution in [2.45, 2.75) is 316 Å². The minimum atomic E-state index is -0.793. The van der Waals surface area contributed by atoms with Gasteiger partial charge < -0.3 is 14.2 Å². The Hall–Kier alpha value is -3.93. The minimum Gasteiger partial charge on any atom is -0.462 e. The summed E-state index contributed by atoms with van der Waals surface area (Å²) in [5.74, 6) is -0.916. The van der Waals surface area contributed by atoms with Gasteiger partial charge in [0.2, 0.25) is 0 Å². The second kappa shape index (κ2) is 65.6. The number of hydrogen-bond donors (Lipinski definition) is 0. The molecule has 0 aromatic heterocycles. The predicted octanol–water partition coefficient (Wildman–Crippen LogP) is 22.6. The molecule has 6 heteroatoms. The SMILES string of the molecule is CC/C=C\C/C=C\C/C=C\C/C=C\C/C=C\CCCCCC(=O)OC(COC(=O)CCCCCCCCCC)COC(=O)CCCCCCCCCCCCCCCCCCCCCC/C=C\C/C=C\C/C=C\C/C=C\CC. The minimum absolute atomic E-state index is 0.0883. The van der Waals surface area contributed by atoms with Gasteiger partial charge in [-0.05, 0) is 103 Å². The summed E-state index contributed by atoms with van der Waals surface area (Å²) in [6, 6.07) is 0. The van der Waals surface area contributed by atoms with Gasteiger partial charge in [0.15, 0.2) is 6.10 Å². The Labute approximate surface area is 482 Å². The van der Waals surface area contributed by atoms with Crippen LogP contribution in [0.4, 0.5) is 0 Å². The van der Waals surface area contributed by atoms with Crippen molar-refractivity contribution in [2.24, 2.45) is 0 Å². The Kier molecular flexibility index (Phi) is 62.3. The van der Waals surface area contributed by atoms with E-state index in [0.29, 0.717) is 19.3 Å². The molecule has 0 aliphatic carbocycles. The van der Waals surface area contributed by atoms with Crippen LogP contribution in [0.15, 0.2) is 109 Å². The summed E-state index contributed by atoms with van der Waals surface area (Å²) in [5.41, 5.74) is 0. The molecule has 0 aromatic rings. The average molecular weight is 1080 g/mol. The van der Waals surface area contributed by atoms with Crippen LogP contribution in [0, 0.1) is 0 Å². The molecule has 446 valence electrons. The molecule has 0 aliphatic rings. The highest BCUT2D eigenvalue weighted by molar-refractivity contribution is 5.71. The van der Waals surface area contributed by atoms with Crippen LogP contribution in [-0.2, 0) is 28.6 Å². The largest absolute Gasteiger partial charge is 0.462 e. The van der Waals surface area contributed by atoms with Crippen LogP contribution in [0.25, 0.3) is 0 Å². The van der Waals surface area contributed by atoms with Gasteiger partial charge in [-0.15, -0.1) is 0 Å². The Morgan fingerprint density at radius 1 is 0.269 bits per heavy atom. The van der Waals surface area contributed by atoms with E-state index in [2.05, 4.69) is 130 Å². The van der Waals surface area contributed by atoms with E-state index < -0.39 is 6.10 Å². The first-order chi connectivity index (χ1) is 38.5. The zero-order valence-electron chi connectivity index (χ0n) is 51.2. The molecular weight excluding hydrogens is 961 g/mol. The number of ether oxygens (including phenoxy) is 3. The lowest BCUT2D eigenvalue weighted by atomic mass is 10.0. The first-order valence-corrected chi connectivity index (χ1v) is 32.9. The van der Waals surface area contributed by atoms with Crippen LogP contribution in [0.3, 0.4) is 0 Å². The van der Waals surface area contributed by atoms with Gasteiger partial charge in [-0.25, -0.2) is 0 Å². The van der Waals surface area contributed by atoms with Crippen molar-refractivity contribution >= 4 is 17.9 Å². The van der Waals surface area contributed by atoms with E-state index in [0.717, 1.165) is 122 Å². The van der Waals surface area contributed by atoms with Crippen molar-refractivity contribution in [1.29, 1.82) is 0 Å². The van der Waals surface area contributed by atoms with Crippen molar-refractivity contribution in [1.82, 2.24) is 0 Å². The molecule has 0 fully saturated rings. The number of hydrogen-bond acceptors (Lipinski definition) is 6. The standard InChI is InChI=1S/C72H122O6/c1-4-7-10-13-16-19-21-23-25-27-29-30-31-32-33-34-35-36-37-38-39-40-41-42-44-45-47-49-51-53-56-59-62-65-71(74)77-68-69(67-76-70(73)64-61-58-55-18-15-12-9-6-3)78-72(75)66-63-60-57-54-52-50-48-46-43-28-26-24-22-20-17-14-11-8-5-2/h7-8,10-11,16-17,19-20,23-26,29-30,43,46,50,52,69H,4-6,9,12-15,18,21-22,27-28,31-42,44-45,47-49,51,53-68H2,1-3H3/b10-7-,11-8-,19-16-,20-17-,25-23-,26-24-,30-29-,46-43-,52-50-. The van der Waals surface area contributed by atoms with Crippen LogP contribution < -0.4 is 0 Å². The summed E-state index contributed by atoms with van der Waals surface area (Å²) in [6.07, 6.45) is 89.9. The van der Waals surface area contributed by atoms with E-state index in [1.165, 1.54) is 148 Å². The highest BCUT2D eigenvalue weighted by atomic mass is 16.6. The average Bonchev–Trinajstić information content (AvgIpc) is 3.44. The van der Waals surface area contributed by atoms with Gasteiger partial charge in [-0.1, -0.05) is 297 Å². The molecule has 0 N–H and O–H groups in total. The van der Waals surface area contributed by atoms with Gasteiger partial charge in [-0.2, -0.15) is 0 Å². The van der Waals surface area contributed by atoms with Crippen LogP contribution in [0.5, 0.6) is 0 Å². The second-order valence-electron chi connectivity index (χ2n) is 21.6. The van der Waals surface area contributed by atoms with Gasteiger partial charge in [0.25, 0.3) is 0 Å². The molecule has 0 amide bonds. The molecule has 78 heavy (non-hydrogen) atoms. The van der Waals surface area contributed by atoms with Crippen molar-refractivity contribution < 1.29 is 28.6 Å².